The van der Waals surface area contributed by atoms with Gasteiger partial charge in [0.05, 0.1) is 6.04 Å². The highest BCUT2D eigenvalue weighted by Gasteiger charge is 2.43. The SMILES string of the molecule is O=C1[C@@H]2CC[C@H](CN1C1CC1)N2. The van der Waals surface area contributed by atoms with Crippen LogP contribution in [0.25, 0.3) is 0 Å². The number of carbonyl (C=O) groups excluding carboxylic acids is 1. The Kier molecular flexibility index (Phi) is 1.28. The first-order chi connectivity index (χ1) is 5.84. The molecule has 2 saturated heterocycles. The van der Waals surface area contributed by atoms with Crippen LogP contribution in [-0.2, 0) is 4.79 Å². The van der Waals surface area contributed by atoms with Crippen LogP contribution < -0.4 is 5.32 Å². The number of hydrogen-bond acceptors (Lipinski definition) is 2. The molecule has 1 aliphatic carbocycles. The summed E-state index contributed by atoms with van der Waals surface area (Å²) in [5.41, 5.74) is 0. The number of nitrogens with one attached hydrogen (secondary N) is 1. The van der Waals surface area contributed by atoms with Crippen molar-refractivity contribution in [3.8, 4) is 0 Å². The first-order valence-electron chi connectivity index (χ1n) is 4.91. The molecule has 0 aromatic rings. The minimum Gasteiger partial charge on any atom is -0.337 e. The van der Waals surface area contributed by atoms with E-state index in [2.05, 4.69) is 10.2 Å². The molecule has 1 saturated carbocycles. The fourth-order valence-corrected chi connectivity index (χ4v) is 2.40. The first kappa shape index (κ1) is 6.89. The van der Waals surface area contributed by atoms with Gasteiger partial charge in [0.25, 0.3) is 0 Å². The summed E-state index contributed by atoms with van der Waals surface area (Å²) in [7, 11) is 0. The van der Waals surface area contributed by atoms with Gasteiger partial charge in [-0.15, -0.1) is 0 Å². The third-order valence-corrected chi connectivity index (χ3v) is 3.23. The molecule has 0 aromatic heterocycles. The van der Waals surface area contributed by atoms with Crippen molar-refractivity contribution >= 4 is 5.91 Å². The minimum absolute atomic E-state index is 0.171. The lowest BCUT2D eigenvalue weighted by Crippen LogP contribution is -2.55. The third kappa shape index (κ3) is 0.891. The molecular formula is C9H14N2O. The second kappa shape index (κ2) is 2.22. The van der Waals surface area contributed by atoms with Gasteiger partial charge in [-0.05, 0) is 25.7 Å². The highest BCUT2D eigenvalue weighted by molar-refractivity contribution is 5.84. The van der Waals surface area contributed by atoms with Crippen LogP contribution in [0.3, 0.4) is 0 Å². The van der Waals surface area contributed by atoms with E-state index in [9.17, 15) is 4.79 Å². The first-order valence-corrected chi connectivity index (χ1v) is 4.91. The summed E-state index contributed by atoms with van der Waals surface area (Å²) in [6.45, 7) is 0.972. The topological polar surface area (TPSA) is 32.3 Å². The van der Waals surface area contributed by atoms with Crippen molar-refractivity contribution in [3.63, 3.8) is 0 Å². The Morgan fingerprint density at radius 1 is 1.25 bits per heavy atom. The summed E-state index contributed by atoms with van der Waals surface area (Å²) in [6, 6.07) is 1.39. The highest BCUT2D eigenvalue weighted by Crippen LogP contribution is 2.32. The molecule has 0 spiro atoms. The number of carbonyl (C=O) groups is 1. The quantitative estimate of drug-likeness (QED) is 0.599. The molecular weight excluding hydrogens is 152 g/mol. The van der Waals surface area contributed by atoms with E-state index in [-0.39, 0.29) is 6.04 Å². The molecule has 3 heteroatoms. The lowest BCUT2D eigenvalue weighted by Gasteiger charge is -2.32. The van der Waals surface area contributed by atoms with E-state index in [1.165, 1.54) is 19.3 Å². The summed E-state index contributed by atoms with van der Waals surface area (Å²) >= 11 is 0. The van der Waals surface area contributed by atoms with Crippen LogP contribution in [0.1, 0.15) is 25.7 Å². The van der Waals surface area contributed by atoms with Crippen LogP contribution in [0.5, 0.6) is 0 Å². The van der Waals surface area contributed by atoms with E-state index in [0.717, 1.165) is 13.0 Å². The Morgan fingerprint density at radius 3 is 2.83 bits per heavy atom. The lowest BCUT2D eigenvalue weighted by molar-refractivity contribution is -0.135. The number of rotatable bonds is 1. The van der Waals surface area contributed by atoms with E-state index in [4.69, 9.17) is 0 Å². The van der Waals surface area contributed by atoms with Crippen LogP contribution in [-0.4, -0.2) is 35.5 Å². The zero-order chi connectivity index (χ0) is 8.13. The fraction of sp³-hybridized carbons (Fsp3) is 0.889. The molecule has 1 amide bonds. The van der Waals surface area contributed by atoms with Gasteiger partial charge in [-0.3, -0.25) is 4.79 Å². The van der Waals surface area contributed by atoms with Gasteiger partial charge in [-0.25, -0.2) is 0 Å². The highest BCUT2D eigenvalue weighted by atomic mass is 16.2. The largest absolute Gasteiger partial charge is 0.337 e. The van der Waals surface area contributed by atoms with Crippen molar-refractivity contribution in [2.24, 2.45) is 0 Å². The Balaban J connectivity index is 1.82. The number of hydrogen-bond donors (Lipinski definition) is 1. The van der Waals surface area contributed by atoms with E-state index < -0.39 is 0 Å². The molecule has 3 nitrogen and oxygen atoms in total. The van der Waals surface area contributed by atoms with Crippen molar-refractivity contribution in [1.82, 2.24) is 10.2 Å². The molecule has 2 bridgehead atoms. The lowest BCUT2D eigenvalue weighted by atomic mass is 10.2. The molecule has 3 fully saturated rings. The molecule has 2 aliphatic heterocycles. The zero-order valence-electron chi connectivity index (χ0n) is 7.12. The summed E-state index contributed by atoms with van der Waals surface area (Å²) in [5, 5.41) is 3.36. The van der Waals surface area contributed by atoms with Crippen molar-refractivity contribution in [2.75, 3.05) is 6.54 Å². The molecule has 1 N–H and O–H groups in total. The van der Waals surface area contributed by atoms with Crippen molar-refractivity contribution in [2.45, 2.75) is 43.8 Å². The summed E-state index contributed by atoms with van der Waals surface area (Å²) in [6.07, 6.45) is 4.74. The molecule has 2 atom stereocenters. The standard InChI is InChI=1S/C9H14N2O/c12-9-8-4-1-6(10-8)5-11(9)7-2-3-7/h6-8,10H,1-5H2/t6-,8+/m1/s1. The molecule has 3 rings (SSSR count). The maximum absolute atomic E-state index is 11.7. The van der Waals surface area contributed by atoms with Gasteiger partial charge < -0.3 is 10.2 Å². The van der Waals surface area contributed by atoms with Crippen LogP contribution in [0, 0.1) is 0 Å². The number of fused-ring (bicyclic) bond motifs is 2. The number of amides is 1. The van der Waals surface area contributed by atoms with Gasteiger partial charge in [0.1, 0.15) is 0 Å². The zero-order valence-corrected chi connectivity index (χ0v) is 7.12. The van der Waals surface area contributed by atoms with E-state index in [0.29, 0.717) is 18.0 Å². The Hall–Kier alpha value is -0.570. The van der Waals surface area contributed by atoms with Gasteiger partial charge >= 0.3 is 0 Å². The second-order valence-electron chi connectivity index (χ2n) is 4.22. The average Bonchev–Trinajstić information content (AvgIpc) is 2.82. The minimum atomic E-state index is 0.171. The Morgan fingerprint density at radius 2 is 2.08 bits per heavy atom. The predicted molar refractivity (Wildman–Crippen MR) is 44.7 cm³/mol. The summed E-state index contributed by atoms with van der Waals surface area (Å²) in [5.74, 6) is 0.367. The maximum Gasteiger partial charge on any atom is 0.240 e. The third-order valence-electron chi connectivity index (χ3n) is 3.23. The van der Waals surface area contributed by atoms with Gasteiger partial charge in [-0.1, -0.05) is 0 Å². The van der Waals surface area contributed by atoms with Crippen LogP contribution in [0.2, 0.25) is 0 Å². The number of likely N-dealkylation sites (tertiary alicyclic amines) is 1. The van der Waals surface area contributed by atoms with E-state index >= 15 is 0 Å². The van der Waals surface area contributed by atoms with Crippen molar-refractivity contribution in [1.29, 1.82) is 0 Å². The maximum atomic E-state index is 11.7. The van der Waals surface area contributed by atoms with Crippen molar-refractivity contribution < 1.29 is 4.79 Å². The molecule has 66 valence electrons. The molecule has 0 radical (unpaired) electrons. The molecule has 3 aliphatic rings. The van der Waals surface area contributed by atoms with Crippen molar-refractivity contribution in [3.05, 3.63) is 0 Å². The monoisotopic (exact) mass is 166 g/mol. The van der Waals surface area contributed by atoms with Crippen LogP contribution >= 0.6 is 0 Å². The molecule has 12 heavy (non-hydrogen) atoms. The smallest absolute Gasteiger partial charge is 0.240 e. The normalized spacial score (nSPS) is 40.7. The predicted octanol–water partition coefficient (Wildman–Crippen LogP) is 0.112. The Labute approximate surface area is 72.1 Å². The van der Waals surface area contributed by atoms with E-state index in [1.54, 1.807) is 0 Å². The number of piperazine rings is 1. The second-order valence-corrected chi connectivity index (χ2v) is 4.22. The Bertz CT molecular complexity index is 225. The van der Waals surface area contributed by atoms with Gasteiger partial charge in [-0.2, -0.15) is 0 Å². The molecule has 0 aromatic carbocycles. The van der Waals surface area contributed by atoms with Gasteiger partial charge in [0.2, 0.25) is 5.91 Å². The molecule has 2 heterocycles. The van der Waals surface area contributed by atoms with Gasteiger partial charge in [0.15, 0.2) is 0 Å². The fourth-order valence-electron chi connectivity index (χ4n) is 2.40. The van der Waals surface area contributed by atoms with E-state index in [1.807, 2.05) is 0 Å². The summed E-state index contributed by atoms with van der Waals surface area (Å²) in [4.78, 5) is 13.8. The number of nitrogens with zero attached hydrogens (tertiary/aromatic N) is 1. The van der Waals surface area contributed by atoms with Crippen LogP contribution in [0.4, 0.5) is 0 Å². The molecule has 0 unspecified atom stereocenters. The summed E-state index contributed by atoms with van der Waals surface area (Å²) < 4.78 is 0. The van der Waals surface area contributed by atoms with Crippen LogP contribution in [0.15, 0.2) is 0 Å². The van der Waals surface area contributed by atoms with Gasteiger partial charge in [0, 0.05) is 18.6 Å². The average molecular weight is 166 g/mol.